The largest absolute Gasteiger partial charge is 0.543 e. The van der Waals surface area contributed by atoms with E-state index in [1.807, 2.05) is 48.5 Å². The van der Waals surface area contributed by atoms with Crippen LogP contribution in [0.2, 0.25) is 0 Å². The Morgan fingerprint density at radius 1 is 0.944 bits per heavy atom. The predicted octanol–water partition coefficient (Wildman–Crippen LogP) is 2.20. The number of nitrogens with one attached hydrogen (secondary N) is 1. The van der Waals surface area contributed by atoms with Crippen LogP contribution in [0.3, 0.4) is 0 Å². The second-order valence-electron chi connectivity index (χ2n) is 4.14. The molecule has 0 aliphatic heterocycles. The number of H-pyrrole nitrogens is 1. The molecule has 0 saturated heterocycles. The lowest BCUT2D eigenvalue weighted by Gasteiger charge is -2.01. The third-order valence-electron chi connectivity index (χ3n) is 2.95. The zero-order chi connectivity index (χ0) is 12.5. The van der Waals surface area contributed by atoms with Crippen LogP contribution in [0, 0.1) is 0 Å². The van der Waals surface area contributed by atoms with Gasteiger partial charge in [0.2, 0.25) is 0 Å². The van der Waals surface area contributed by atoms with Gasteiger partial charge in [-0.15, -0.1) is 0 Å². The van der Waals surface area contributed by atoms with Gasteiger partial charge in [0.05, 0.1) is 11.7 Å². The molecule has 0 aliphatic rings. The lowest BCUT2D eigenvalue weighted by Crippen LogP contribution is -2.22. The maximum Gasteiger partial charge on any atom is 0.0878 e. The highest BCUT2D eigenvalue weighted by atomic mass is 16.4. The van der Waals surface area contributed by atoms with E-state index in [4.69, 9.17) is 0 Å². The topological polar surface area (TPSA) is 55.9 Å². The number of rotatable bonds is 2. The molecule has 1 heterocycles. The Hall–Kier alpha value is -2.55. The molecular formula is C15H10NO2-. The minimum Gasteiger partial charge on any atom is -0.543 e. The second-order valence-corrected chi connectivity index (χ2v) is 4.14. The summed E-state index contributed by atoms with van der Waals surface area (Å²) in [5.41, 5.74) is 3.06. The summed E-state index contributed by atoms with van der Waals surface area (Å²) in [6.45, 7) is 0. The molecule has 3 nitrogen and oxygen atoms in total. The van der Waals surface area contributed by atoms with Crippen molar-refractivity contribution in [3.8, 4) is 11.1 Å². The third kappa shape index (κ3) is 1.76. The second kappa shape index (κ2) is 4.04. The van der Waals surface area contributed by atoms with E-state index in [1.165, 1.54) is 0 Å². The average molecular weight is 236 g/mol. The Kier molecular flexibility index (Phi) is 2.38. The van der Waals surface area contributed by atoms with E-state index in [0.29, 0.717) is 0 Å². The lowest BCUT2D eigenvalue weighted by molar-refractivity contribution is -0.255. The molecular weight excluding hydrogens is 226 g/mol. The van der Waals surface area contributed by atoms with Crippen LogP contribution in [0.1, 0.15) is 10.5 Å². The number of hydrogen-bond donors (Lipinski definition) is 1. The predicted molar refractivity (Wildman–Crippen MR) is 68.1 cm³/mol. The standard InChI is InChI=1S/C15H11NO2/c17-15(18)14-9-12-7-6-11(8-13(12)16-14)10-4-2-1-3-5-10/h1-9,16H,(H,17,18)/p-1. The molecule has 0 fully saturated rings. The van der Waals surface area contributed by atoms with Crippen molar-refractivity contribution in [2.45, 2.75) is 0 Å². The number of aromatic carboxylic acids is 1. The fraction of sp³-hybridized carbons (Fsp3) is 0. The van der Waals surface area contributed by atoms with Gasteiger partial charge in [-0.05, 0) is 23.3 Å². The van der Waals surface area contributed by atoms with Gasteiger partial charge in [-0.25, -0.2) is 0 Å². The van der Waals surface area contributed by atoms with Gasteiger partial charge < -0.3 is 14.9 Å². The van der Waals surface area contributed by atoms with Crippen molar-refractivity contribution >= 4 is 16.9 Å². The zero-order valence-electron chi connectivity index (χ0n) is 9.51. The number of fused-ring (bicyclic) bond motifs is 1. The smallest absolute Gasteiger partial charge is 0.0878 e. The maximum absolute atomic E-state index is 10.8. The fourth-order valence-corrected chi connectivity index (χ4v) is 2.05. The van der Waals surface area contributed by atoms with Gasteiger partial charge in [0, 0.05) is 10.9 Å². The molecule has 3 heteroatoms. The van der Waals surface area contributed by atoms with Crippen LogP contribution in [0.4, 0.5) is 0 Å². The van der Waals surface area contributed by atoms with Crippen molar-refractivity contribution < 1.29 is 9.90 Å². The van der Waals surface area contributed by atoms with Gasteiger partial charge in [-0.2, -0.15) is 0 Å². The van der Waals surface area contributed by atoms with Gasteiger partial charge >= 0.3 is 0 Å². The first-order valence-electron chi connectivity index (χ1n) is 5.63. The minimum atomic E-state index is -1.19. The summed E-state index contributed by atoms with van der Waals surface area (Å²) in [5.74, 6) is -1.19. The van der Waals surface area contributed by atoms with Crippen LogP contribution < -0.4 is 5.11 Å². The highest BCUT2D eigenvalue weighted by Crippen LogP contribution is 2.24. The first-order valence-corrected chi connectivity index (χ1v) is 5.63. The van der Waals surface area contributed by atoms with E-state index in [-0.39, 0.29) is 5.69 Å². The van der Waals surface area contributed by atoms with Crippen LogP contribution in [-0.4, -0.2) is 11.0 Å². The van der Waals surface area contributed by atoms with Gasteiger partial charge in [0.25, 0.3) is 0 Å². The summed E-state index contributed by atoms with van der Waals surface area (Å²) in [5, 5.41) is 11.7. The Morgan fingerprint density at radius 2 is 1.72 bits per heavy atom. The molecule has 88 valence electrons. The molecule has 0 saturated carbocycles. The van der Waals surface area contributed by atoms with Crippen LogP contribution in [0.25, 0.3) is 22.0 Å². The number of benzene rings is 2. The van der Waals surface area contributed by atoms with Gasteiger partial charge in [0.1, 0.15) is 0 Å². The lowest BCUT2D eigenvalue weighted by atomic mass is 10.0. The van der Waals surface area contributed by atoms with Crippen molar-refractivity contribution in [1.82, 2.24) is 4.98 Å². The molecule has 2 aromatic carbocycles. The summed E-state index contributed by atoms with van der Waals surface area (Å²) in [6, 6.07) is 17.3. The molecule has 3 rings (SSSR count). The SMILES string of the molecule is O=C([O-])c1cc2ccc(-c3ccccc3)cc2[nH]1. The summed E-state index contributed by atoms with van der Waals surface area (Å²) < 4.78 is 0. The zero-order valence-corrected chi connectivity index (χ0v) is 9.51. The van der Waals surface area contributed by atoms with Crippen molar-refractivity contribution in [3.05, 3.63) is 60.3 Å². The normalized spacial score (nSPS) is 10.7. The number of carbonyl (C=O) groups is 1. The quantitative estimate of drug-likeness (QED) is 0.741. The Bertz CT molecular complexity index is 714. The Morgan fingerprint density at radius 3 is 2.44 bits per heavy atom. The number of carboxylic acids is 1. The summed E-state index contributed by atoms with van der Waals surface area (Å²) >= 11 is 0. The molecule has 0 aliphatic carbocycles. The molecule has 0 unspecified atom stereocenters. The van der Waals surface area contributed by atoms with Crippen molar-refractivity contribution in [2.24, 2.45) is 0 Å². The molecule has 0 bridgehead atoms. The van der Waals surface area contributed by atoms with Crippen LogP contribution >= 0.6 is 0 Å². The highest BCUT2D eigenvalue weighted by molar-refractivity contribution is 5.94. The monoisotopic (exact) mass is 236 g/mol. The van der Waals surface area contributed by atoms with E-state index in [1.54, 1.807) is 6.07 Å². The van der Waals surface area contributed by atoms with Gasteiger partial charge in [-0.1, -0.05) is 42.5 Å². The number of carbonyl (C=O) groups excluding carboxylic acids is 1. The van der Waals surface area contributed by atoms with Crippen molar-refractivity contribution in [3.63, 3.8) is 0 Å². The van der Waals surface area contributed by atoms with Crippen LogP contribution in [0.15, 0.2) is 54.6 Å². The van der Waals surface area contributed by atoms with Crippen molar-refractivity contribution in [1.29, 1.82) is 0 Å². The number of aromatic nitrogens is 1. The molecule has 0 spiro atoms. The minimum absolute atomic E-state index is 0.107. The molecule has 18 heavy (non-hydrogen) atoms. The molecule has 1 aromatic heterocycles. The molecule has 0 atom stereocenters. The molecule has 0 radical (unpaired) electrons. The van der Waals surface area contributed by atoms with Gasteiger partial charge in [0.15, 0.2) is 0 Å². The van der Waals surface area contributed by atoms with Crippen LogP contribution in [0.5, 0.6) is 0 Å². The average Bonchev–Trinajstić information content (AvgIpc) is 2.82. The third-order valence-corrected chi connectivity index (χ3v) is 2.95. The van der Waals surface area contributed by atoms with E-state index >= 15 is 0 Å². The van der Waals surface area contributed by atoms with E-state index in [2.05, 4.69) is 4.98 Å². The number of aromatic amines is 1. The summed E-state index contributed by atoms with van der Waals surface area (Å²) in [7, 11) is 0. The number of carboxylic acid groups (broad SMARTS) is 1. The Labute approximate surface area is 104 Å². The number of hydrogen-bond acceptors (Lipinski definition) is 2. The van der Waals surface area contributed by atoms with E-state index in [0.717, 1.165) is 22.0 Å². The van der Waals surface area contributed by atoms with E-state index < -0.39 is 5.97 Å². The maximum atomic E-state index is 10.8. The summed E-state index contributed by atoms with van der Waals surface area (Å²) in [6.07, 6.45) is 0. The molecule has 0 amide bonds. The van der Waals surface area contributed by atoms with Crippen molar-refractivity contribution in [2.75, 3.05) is 0 Å². The first-order chi connectivity index (χ1) is 8.74. The summed E-state index contributed by atoms with van der Waals surface area (Å²) in [4.78, 5) is 13.6. The highest BCUT2D eigenvalue weighted by Gasteiger charge is 2.03. The fourth-order valence-electron chi connectivity index (χ4n) is 2.05. The Balaban J connectivity index is 2.14. The van der Waals surface area contributed by atoms with Gasteiger partial charge in [-0.3, -0.25) is 0 Å². The van der Waals surface area contributed by atoms with E-state index in [9.17, 15) is 9.90 Å². The molecule has 1 N–H and O–H groups in total. The van der Waals surface area contributed by atoms with Crippen LogP contribution in [-0.2, 0) is 0 Å². The molecule has 3 aromatic rings. The first kappa shape index (κ1) is 10.6.